The van der Waals surface area contributed by atoms with Crippen LogP contribution in [0.2, 0.25) is 0 Å². The van der Waals surface area contributed by atoms with Crippen molar-refractivity contribution in [3.63, 3.8) is 0 Å². The van der Waals surface area contributed by atoms with Crippen LogP contribution in [0.25, 0.3) is 0 Å². The van der Waals surface area contributed by atoms with E-state index in [2.05, 4.69) is 38.7 Å². The fraction of sp³-hybridized carbons (Fsp3) is 0.806. The van der Waals surface area contributed by atoms with Crippen LogP contribution in [0.4, 0.5) is 0 Å². The van der Waals surface area contributed by atoms with E-state index in [4.69, 9.17) is 9.47 Å². The average Bonchev–Trinajstić information content (AvgIpc) is 3.44. The predicted octanol–water partition coefficient (Wildman–Crippen LogP) is 6.04. The Hall–Kier alpha value is -1.78. The third-order valence-electron chi connectivity index (χ3n) is 11.7. The molecule has 198 valence electrons. The Labute approximate surface area is 217 Å². The van der Waals surface area contributed by atoms with E-state index < -0.39 is 0 Å². The van der Waals surface area contributed by atoms with Crippen LogP contribution in [-0.4, -0.2) is 41.6 Å². The Morgan fingerprint density at radius 1 is 1.11 bits per heavy atom. The first kappa shape index (κ1) is 24.6. The summed E-state index contributed by atoms with van der Waals surface area (Å²) >= 11 is 0. The van der Waals surface area contributed by atoms with Crippen LogP contribution in [-0.2, 0) is 19.1 Å². The largest absolute Gasteiger partial charge is 0.492 e. The highest BCUT2D eigenvalue weighted by molar-refractivity contribution is 5.74. The molecule has 0 spiro atoms. The molecule has 0 aromatic rings. The van der Waals surface area contributed by atoms with Gasteiger partial charge in [-0.15, -0.1) is 0 Å². The first-order chi connectivity index (χ1) is 17.0. The summed E-state index contributed by atoms with van der Waals surface area (Å²) in [6.45, 7) is 13.7. The van der Waals surface area contributed by atoms with Crippen LogP contribution in [0.5, 0.6) is 0 Å². The molecule has 0 aromatic carbocycles. The zero-order valence-corrected chi connectivity index (χ0v) is 23.1. The Morgan fingerprint density at radius 3 is 2.61 bits per heavy atom. The van der Waals surface area contributed by atoms with E-state index in [0.29, 0.717) is 23.7 Å². The van der Waals surface area contributed by atoms with Crippen molar-refractivity contribution in [1.82, 2.24) is 4.90 Å². The van der Waals surface area contributed by atoms with Gasteiger partial charge in [0.1, 0.15) is 18.0 Å². The van der Waals surface area contributed by atoms with Crippen LogP contribution >= 0.6 is 0 Å². The van der Waals surface area contributed by atoms with Crippen molar-refractivity contribution in [2.75, 3.05) is 6.54 Å². The van der Waals surface area contributed by atoms with Gasteiger partial charge in [0.15, 0.2) is 0 Å². The maximum Gasteiger partial charge on any atom is 0.302 e. The summed E-state index contributed by atoms with van der Waals surface area (Å²) in [7, 11) is 0. The van der Waals surface area contributed by atoms with Crippen molar-refractivity contribution in [2.45, 2.75) is 111 Å². The van der Waals surface area contributed by atoms with E-state index >= 15 is 0 Å². The Kier molecular flexibility index (Phi) is 5.70. The summed E-state index contributed by atoms with van der Waals surface area (Å²) in [5.41, 5.74) is 3.52. The molecular formula is C31H45NO4. The Balaban J connectivity index is 1.25. The number of allylic oxidation sites excluding steroid dienone is 1. The molecule has 10 atom stereocenters. The lowest BCUT2D eigenvalue weighted by molar-refractivity contribution is -0.148. The van der Waals surface area contributed by atoms with Gasteiger partial charge in [0.25, 0.3) is 0 Å². The molecule has 4 aliphatic carbocycles. The van der Waals surface area contributed by atoms with Gasteiger partial charge in [-0.3, -0.25) is 9.59 Å². The fourth-order valence-electron chi connectivity index (χ4n) is 10.2. The summed E-state index contributed by atoms with van der Waals surface area (Å²) in [5.74, 6) is 4.31. The minimum atomic E-state index is -0.148. The number of esters is 1. The molecule has 1 amide bonds. The third kappa shape index (κ3) is 3.46. The summed E-state index contributed by atoms with van der Waals surface area (Å²) in [6, 6.07) is 0.132. The monoisotopic (exact) mass is 495 g/mol. The van der Waals surface area contributed by atoms with E-state index in [1.165, 1.54) is 25.3 Å². The maximum absolute atomic E-state index is 12.4. The molecule has 5 nitrogen and oxygen atoms in total. The SMILES string of the molecule is CC(=O)OC1CC[C@@]2(C)C(=CCC3C4CC5OC([C@@H]6CC(C)CN6C(C)=O)=C(C)C5[C@@]4(C)CCC32)C1. The molecule has 6 rings (SSSR count). The molecular weight excluding hydrogens is 450 g/mol. The van der Waals surface area contributed by atoms with E-state index in [9.17, 15) is 9.59 Å². The zero-order chi connectivity index (χ0) is 25.6. The second kappa shape index (κ2) is 8.36. The summed E-state index contributed by atoms with van der Waals surface area (Å²) in [6.07, 6.45) is 11.8. The van der Waals surface area contributed by atoms with Crippen LogP contribution in [0.15, 0.2) is 23.0 Å². The third-order valence-corrected chi connectivity index (χ3v) is 11.7. The van der Waals surface area contributed by atoms with Crippen molar-refractivity contribution >= 4 is 11.9 Å². The number of hydrogen-bond acceptors (Lipinski definition) is 4. The number of hydrogen-bond donors (Lipinski definition) is 0. The molecule has 2 aliphatic heterocycles. The Morgan fingerprint density at radius 2 is 1.89 bits per heavy atom. The number of ether oxygens (including phenoxy) is 2. The fourth-order valence-corrected chi connectivity index (χ4v) is 10.2. The van der Waals surface area contributed by atoms with Crippen LogP contribution in [0.3, 0.4) is 0 Å². The van der Waals surface area contributed by atoms with Crippen molar-refractivity contribution in [3.05, 3.63) is 23.0 Å². The standard InChI is InChI=1S/C31H45NO4/c1-17-13-26(32(16-17)19(3)33)29-18(2)28-27(36-29)15-25-23-8-7-21-14-22(35-20(4)34)9-11-30(21,5)24(23)10-12-31(25,28)6/h7,17,22-28H,8-16H2,1-6H3/t17?,22?,23?,24?,25?,26-,27?,28?,30-,31-/m0/s1. The number of carbonyl (C=O) groups is 2. The van der Waals surface area contributed by atoms with Crippen molar-refractivity contribution < 1.29 is 19.1 Å². The lowest BCUT2D eigenvalue weighted by atomic mass is 9.47. The van der Waals surface area contributed by atoms with E-state index in [1.54, 1.807) is 12.5 Å². The molecule has 0 bridgehead atoms. The van der Waals surface area contributed by atoms with Gasteiger partial charge in [0.2, 0.25) is 5.91 Å². The van der Waals surface area contributed by atoms with E-state index in [-0.39, 0.29) is 41.0 Å². The molecule has 0 radical (unpaired) electrons. The average molecular weight is 496 g/mol. The molecule has 2 heterocycles. The van der Waals surface area contributed by atoms with Gasteiger partial charge in [-0.25, -0.2) is 0 Å². The number of nitrogens with zero attached hydrogens (tertiary/aromatic N) is 1. The highest BCUT2D eigenvalue weighted by atomic mass is 16.5. The first-order valence-electron chi connectivity index (χ1n) is 14.5. The van der Waals surface area contributed by atoms with Gasteiger partial charge in [-0.05, 0) is 91.9 Å². The lowest BCUT2D eigenvalue weighted by Crippen LogP contribution is -2.50. The lowest BCUT2D eigenvalue weighted by Gasteiger charge is -2.58. The number of likely N-dealkylation sites (tertiary alicyclic amines) is 1. The van der Waals surface area contributed by atoms with Gasteiger partial charge < -0.3 is 14.4 Å². The van der Waals surface area contributed by atoms with Crippen molar-refractivity contribution in [3.8, 4) is 0 Å². The second-order valence-electron chi connectivity index (χ2n) is 13.7. The number of amides is 1. The minimum Gasteiger partial charge on any atom is -0.492 e. The van der Waals surface area contributed by atoms with Crippen LogP contribution in [0.1, 0.15) is 92.9 Å². The number of carbonyl (C=O) groups excluding carboxylic acids is 2. The summed E-state index contributed by atoms with van der Waals surface area (Å²) in [5, 5.41) is 0. The molecule has 6 aliphatic rings. The molecule has 0 N–H and O–H groups in total. The molecule has 3 saturated carbocycles. The summed E-state index contributed by atoms with van der Waals surface area (Å²) < 4.78 is 12.5. The maximum atomic E-state index is 12.4. The van der Waals surface area contributed by atoms with Gasteiger partial charge in [-0.2, -0.15) is 0 Å². The molecule has 1 saturated heterocycles. The topological polar surface area (TPSA) is 55.8 Å². The van der Waals surface area contributed by atoms with Crippen molar-refractivity contribution in [2.24, 2.45) is 40.4 Å². The minimum absolute atomic E-state index is 0.0607. The van der Waals surface area contributed by atoms with Gasteiger partial charge in [-0.1, -0.05) is 32.4 Å². The van der Waals surface area contributed by atoms with E-state index in [0.717, 1.165) is 56.7 Å². The quantitative estimate of drug-likeness (QED) is 0.346. The normalized spacial score (nSPS) is 47.4. The Bertz CT molecular complexity index is 1030. The van der Waals surface area contributed by atoms with Crippen LogP contribution < -0.4 is 0 Å². The molecule has 4 fully saturated rings. The molecule has 5 heteroatoms. The van der Waals surface area contributed by atoms with Crippen molar-refractivity contribution in [1.29, 1.82) is 0 Å². The smallest absolute Gasteiger partial charge is 0.302 e. The highest BCUT2D eigenvalue weighted by Crippen LogP contribution is 2.69. The van der Waals surface area contributed by atoms with Gasteiger partial charge in [0, 0.05) is 32.7 Å². The number of fused-ring (bicyclic) bond motifs is 7. The zero-order valence-electron chi connectivity index (χ0n) is 23.1. The van der Waals surface area contributed by atoms with E-state index in [1.807, 2.05) is 0 Å². The first-order valence-corrected chi connectivity index (χ1v) is 14.5. The molecule has 36 heavy (non-hydrogen) atoms. The van der Waals surface area contributed by atoms with Gasteiger partial charge in [0.05, 0.1) is 6.04 Å². The highest BCUT2D eigenvalue weighted by Gasteiger charge is 2.64. The van der Waals surface area contributed by atoms with Gasteiger partial charge >= 0.3 is 5.97 Å². The summed E-state index contributed by atoms with van der Waals surface area (Å²) in [4.78, 5) is 26.0. The van der Waals surface area contributed by atoms with Crippen LogP contribution in [0, 0.1) is 40.4 Å². The molecule has 0 aromatic heterocycles. The molecule has 7 unspecified atom stereocenters. The second-order valence-corrected chi connectivity index (χ2v) is 13.7. The number of rotatable bonds is 2. The predicted molar refractivity (Wildman–Crippen MR) is 139 cm³/mol.